The van der Waals surface area contributed by atoms with Gasteiger partial charge in [0, 0.05) is 25.1 Å². The van der Waals surface area contributed by atoms with Crippen molar-refractivity contribution in [1.29, 1.82) is 0 Å². The summed E-state index contributed by atoms with van der Waals surface area (Å²) in [6, 6.07) is 9.46. The maximum Gasteiger partial charge on any atom is 0.153 e. The number of hydrogen-bond donors (Lipinski definition) is 2. The van der Waals surface area contributed by atoms with E-state index < -0.39 is 0 Å². The highest BCUT2D eigenvalue weighted by Gasteiger charge is 2.35. The number of aromatic nitrogens is 2. The van der Waals surface area contributed by atoms with E-state index in [4.69, 9.17) is 43.3 Å². The number of aryl methyl sites for hydroxylation is 2. The molecule has 0 spiro atoms. The van der Waals surface area contributed by atoms with E-state index in [0.717, 1.165) is 49.6 Å². The molecule has 3 heterocycles. The van der Waals surface area contributed by atoms with E-state index in [1.54, 1.807) is 6.07 Å². The van der Waals surface area contributed by atoms with Gasteiger partial charge in [-0.2, -0.15) is 0 Å². The molecule has 32 heavy (non-hydrogen) atoms. The van der Waals surface area contributed by atoms with E-state index in [2.05, 4.69) is 4.90 Å². The Labute approximate surface area is 198 Å². The molecule has 1 aliphatic rings. The monoisotopic (exact) mass is 474 g/mol. The van der Waals surface area contributed by atoms with E-state index in [-0.39, 0.29) is 12.0 Å². The van der Waals surface area contributed by atoms with Crippen LogP contribution in [0.3, 0.4) is 0 Å². The highest BCUT2D eigenvalue weighted by molar-refractivity contribution is 6.43. The number of hydrogen-bond acceptors (Lipinski definition) is 6. The van der Waals surface area contributed by atoms with E-state index >= 15 is 0 Å². The van der Waals surface area contributed by atoms with Gasteiger partial charge in [-0.25, -0.2) is 9.97 Å². The summed E-state index contributed by atoms with van der Waals surface area (Å²) in [7, 11) is 0. The molecule has 0 saturated carbocycles. The third-order valence-electron chi connectivity index (χ3n) is 6.38. The molecule has 0 amide bonds. The first-order valence-electron chi connectivity index (χ1n) is 10.8. The van der Waals surface area contributed by atoms with E-state index in [9.17, 15) is 5.11 Å². The summed E-state index contributed by atoms with van der Waals surface area (Å²) < 4.78 is 5.81. The number of aliphatic hydroxyl groups excluding tert-OH is 1. The molecule has 0 unspecified atom stereocenters. The number of piperidine rings is 1. The minimum absolute atomic E-state index is 0.00308. The molecule has 8 heteroatoms. The first-order chi connectivity index (χ1) is 15.4. The van der Waals surface area contributed by atoms with Gasteiger partial charge in [-0.1, -0.05) is 35.3 Å². The fourth-order valence-corrected chi connectivity index (χ4v) is 4.83. The standard InChI is InChI=1S/C24H28Cl2N4O2/c1-15-6-7-17(32-15)12-24(14-27)8-10-30(11-9-24)23-20(13-31)29-22(16(2)28-23)18-4-3-5-19(25)21(18)26/h3-7,31H,8-14,27H2,1-2H3. The zero-order valence-corrected chi connectivity index (χ0v) is 19.9. The maximum atomic E-state index is 10.1. The molecule has 0 aliphatic carbocycles. The fraction of sp³-hybridized carbons (Fsp3) is 0.417. The van der Waals surface area contributed by atoms with Crippen LogP contribution in [0.25, 0.3) is 11.3 Å². The Morgan fingerprint density at radius 1 is 1.12 bits per heavy atom. The van der Waals surface area contributed by atoms with E-state index in [1.165, 1.54) is 0 Å². The van der Waals surface area contributed by atoms with Gasteiger partial charge in [0.15, 0.2) is 5.82 Å². The van der Waals surface area contributed by atoms with Crippen LogP contribution >= 0.6 is 23.2 Å². The molecular weight excluding hydrogens is 447 g/mol. The number of nitrogens with zero attached hydrogens (tertiary/aromatic N) is 3. The third-order valence-corrected chi connectivity index (χ3v) is 7.20. The normalized spacial score (nSPS) is 15.9. The van der Waals surface area contributed by atoms with Gasteiger partial charge in [0.25, 0.3) is 0 Å². The SMILES string of the molecule is Cc1ccc(CC2(CN)CCN(c3nc(C)c(-c4cccc(Cl)c4Cl)nc3CO)CC2)o1. The number of rotatable bonds is 6. The fourth-order valence-electron chi connectivity index (χ4n) is 4.44. The molecule has 1 aromatic carbocycles. The lowest BCUT2D eigenvalue weighted by atomic mass is 9.75. The van der Waals surface area contributed by atoms with Crippen molar-refractivity contribution in [2.45, 2.75) is 39.7 Å². The van der Waals surface area contributed by atoms with Crippen molar-refractivity contribution in [2.75, 3.05) is 24.5 Å². The summed E-state index contributed by atoms with van der Waals surface area (Å²) in [5, 5.41) is 11.0. The summed E-state index contributed by atoms with van der Waals surface area (Å²) >= 11 is 12.6. The Kier molecular flexibility index (Phi) is 6.77. The van der Waals surface area contributed by atoms with Gasteiger partial charge < -0.3 is 20.2 Å². The van der Waals surface area contributed by atoms with Gasteiger partial charge in [0.2, 0.25) is 0 Å². The van der Waals surface area contributed by atoms with Gasteiger partial charge in [-0.15, -0.1) is 0 Å². The topological polar surface area (TPSA) is 88.4 Å². The number of furan rings is 1. The largest absolute Gasteiger partial charge is 0.466 e. The van der Waals surface area contributed by atoms with Gasteiger partial charge in [-0.3, -0.25) is 0 Å². The van der Waals surface area contributed by atoms with Crippen LogP contribution in [0.4, 0.5) is 5.82 Å². The summed E-state index contributed by atoms with van der Waals surface area (Å²) in [5.74, 6) is 2.62. The number of anilines is 1. The molecule has 4 rings (SSSR count). The first-order valence-corrected chi connectivity index (χ1v) is 11.5. The second-order valence-corrected chi connectivity index (χ2v) is 9.35. The molecular formula is C24H28Cl2N4O2. The molecule has 3 aromatic rings. The van der Waals surface area contributed by atoms with Gasteiger partial charge in [0.1, 0.15) is 17.2 Å². The summed E-state index contributed by atoms with van der Waals surface area (Å²) in [6.45, 7) is 5.82. The lowest BCUT2D eigenvalue weighted by molar-refractivity contribution is 0.210. The number of aliphatic hydroxyl groups is 1. The van der Waals surface area contributed by atoms with Crippen molar-refractivity contribution in [3.8, 4) is 11.3 Å². The quantitative estimate of drug-likeness (QED) is 0.525. The predicted octanol–water partition coefficient (Wildman–Crippen LogP) is 4.94. The lowest BCUT2D eigenvalue weighted by Crippen LogP contribution is -2.45. The average molecular weight is 475 g/mol. The van der Waals surface area contributed by atoms with Crippen LogP contribution in [0.1, 0.15) is 35.7 Å². The first kappa shape index (κ1) is 23.1. The van der Waals surface area contributed by atoms with Gasteiger partial charge in [0.05, 0.1) is 28.0 Å². The van der Waals surface area contributed by atoms with E-state index in [1.807, 2.05) is 38.1 Å². The Morgan fingerprint density at radius 2 is 1.88 bits per heavy atom. The van der Waals surface area contributed by atoms with Crippen molar-refractivity contribution < 1.29 is 9.52 Å². The zero-order valence-electron chi connectivity index (χ0n) is 18.4. The van der Waals surface area contributed by atoms with Crippen LogP contribution < -0.4 is 10.6 Å². The van der Waals surface area contributed by atoms with Gasteiger partial charge in [-0.05, 0) is 56.8 Å². The summed E-state index contributed by atoms with van der Waals surface area (Å²) in [4.78, 5) is 11.7. The van der Waals surface area contributed by atoms with Crippen molar-refractivity contribution in [2.24, 2.45) is 11.1 Å². The van der Waals surface area contributed by atoms with Crippen molar-refractivity contribution in [3.63, 3.8) is 0 Å². The molecule has 1 fully saturated rings. The Balaban J connectivity index is 1.58. The summed E-state index contributed by atoms with van der Waals surface area (Å²) in [5.41, 5.74) is 8.82. The number of halogens is 2. The highest BCUT2D eigenvalue weighted by atomic mass is 35.5. The van der Waals surface area contributed by atoms with Crippen LogP contribution in [0.2, 0.25) is 10.0 Å². The predicted molar refractivity (Wildman–Crippen MR) is 128 cm³/mol. The summed E-state index contributed by atoms with van der Waals surface area (Å²) in [6.07, 6.45) is 2.66. The van der Waals surface area contributed by atoms with Crippen molar-refractivity contribution in [3.05, 3.63) is 63.3 Å². The molecule has 3 N–H and O–H groups in total. The van der Waals surface area contributed by atoms with Crippen LogP contribution in [-0.2, 0) is 13.0 Å². The highest BCUT2D eigenvalue weighted by Crippen LogP contribution is 2.38. The average Bonchev–Trinajstić information content (AvgIpc) is 3.20. The molecule has 170 valence electrons. The van der Waals surface area contributed by atoms with Crippen molar-refractivity contribution in [1.82, 2.24) is 9.97 Å². The van der Waals surface area contributed by atoms with Crippen LogP contribution in [0.5, 0.6) is 0 Å². The third kappa shape index (κ3) is 4.50. The van der Waals surface area contributed by atoms with Crippen LogP contribution in [0, 0.1) is 19.3 Å². The van der Waals surface area contributed by atoms with Crippen LogP contribution in [-0.4, -0.2) is 34.7 Å². The zero-order chi connectivity index (χ0) is 22.9. The molecule has 6 nitrogen and oxygen atoms in total. The second-order valence-electron chi connectivity index (χ2n) is 8.57. The minimum Gasteiger partial charge on any atom is -0.466 e. The lowest BCUT2D eigenvalue weighted by Gasteiger charge is -2.41. The van der Waals surface area contributed by atoms with Crippen molar-refractivity contribution >= 4 is 29.0 Å². The maximum absolute atomic E-state index is 10.1. The smallest absolute Gasteiger partial charge is 0.153 e. The Morgan fingerprint density at radius 3 is 2.50 bits per heavy atom. The van der Waals surface area contributed by atoms with Gasteiger partial charge >= 0.3 is 0 Å². The molecule has 0 bridgehead atoms. The van der Waals surface area contributed by atoms with E-state index in [0.29, 0.717) is 39.4 Å². The molecule has 0 radical (unpaired) electrons. The minimum atomic E-state index is -0.210. The molecule has 2 aromatic heterocycles. The Hall–Kier alpha value is -2.12. The molecule has 1 aliphatic heterocycles. The molecule has 1 saturated heterocycles. The number of nitrogens with two attached hydrogens (primary N) is 1. The second kappa shape index (κ2) is 9.40. The number of benzene rings is 1. The Bertz CT molecular complexity index is 1110. The molecule has 0 atom stereocenters. The van der Waals surface area contributed by atoms with Crippen LogP contribution in [0.15, 0.2) is 34.7 Å².